The van der Waals surface area contributed by atoms with Crippen LogP contribution >= 0.6 is 0 Å². The normalized spacial score (nSPS) is 19.0. The molecule has 2 heterocycles. The number of anilines is 1. The number of esters is 1. The van der Waals surface area contributed by atoms with Gasteiger partial charge in [0.1, 0.15) is 11.6 Å². The van der Waals surface area contributed by atoms with Crippen molar-refractivity contribution in [2.45, 2.75) is 64.4 Å². The van der Waals surface area contributed by atoms with Crippen LogP contribution in [0.15, 0.2) is 41.7 Å². The summed E-state index contributed by atoms with van der Waals surface area (Å²) < 4.78 is 11.9. The van der Waals surface area contributed by atoms with Gasteiger partial charge in [0.2, 0.25) is 0 Å². The van der Waals surface area contributed by atoms with Gasteiger partial charge in [-0.2, -0.15) is 5.10 Å². The molecule has 1 aliphatic heterocycles. The number of H-pyrrole nitrogens is 1. The van der Waals surface area contributed by atoms with Gasteiger partial charge in [-0.25, -0.2) is 4.79 Å². The van der Waals surface area contributed by atoms with Gasteiger partial charge in [-0.05, 0) is 45.1 Å². The van der Waals surface area contributed by atoms with Gasteiger partial charge in [-0.3, -0.25) is 5.10 Å². The number of aromatic amines is 1. The van der Waals surface area contributed by atoms with Crippen molar-refractivity contribution in [1.82, 2.24) is 10.2 Å². The number of allylic oxidation sites excluding steroid dienone is 1. The number of ether oxygens (including phenoxy) is 2. The third-order valence-electron chi connectivity index (χ3n) is 5.69. The highest BCUT2D eigenvalue weighted by atomic mass is 16.5. The summed E-state index contributed by atoms with van der Waals surface area (Å²) in [7, 11) is 0. The Bertz CT molecular complexity index is 896. The Labute approximate surface area is 171 Å². The van der Waals surface area contributed by atoms with E-state index >= 15 is 0 Å². The maximum atomic E-state index is 13.1. The van der Waals surface area contributed by atoms with E-state index < -0.39 is 0 Å². The van der Waals surface area contributed by atoms with Gasteiger partial charge in [-0.15, -0.1) is 0 Å². The number of para-hydroxylation sites is 1. The lowest BCUT2D eigenvalue weighted by Crippen LogP contribution is -2.26. The minimum absolute atomic E-state index is 0.242. The maximum absolute atomic E-state index is 13.1. The van der Waals surface area contributed by atoms with Gasteiger partial charge in [0.15, 0.2) is 0 Å². The number of fused-ring (bicyclic) bond motifs is 1. The van der Waals surface area contributed by atoms with Crippen molar-refractivity contribution in [2.24, 2.45) is 0 Å². The smallest absolute Gasteiger partial charge is 0.336 e. The molecule has 1 aromatic carbocycles. The third-order valence-corrected chi connectivity index (χ3v) is 5.69. The average molecular weight is 396 g/mol. The van der Waals surface area contributed by atoms with Crippen LogP contribution < -0.4 is 10.1 Å². The molecule has 0 saturated heterocycles. The van der Waals surface area contributed by atoms with E-state index in [1.165, 1.54) is 12.8 Å². The predicted octanol–water partition coefficient (Wildman–Crippen LogP) is 4.91. The summed E-state index contributed by atoms with van der Waals surface area (Å²) in [6.07, 6.45) is 8.30. The van der Waals surface area contributed by atoms with E-state index in [1.54, 1.807) is 6.20 Å². The number of benzene rings is 1. The van der Waals surface area contributed by atoms with Crippen LogP contribution in [0.2, 0.25) is 0 Å². The number of carbonyl (C=O) groups is 1. The van der Waals surface area contributed by atoms with Crippen molar-refractivity contribution < 1.29 is 14.3 Å². The molecule has 0 radical (unpaired) electrons. The van der Waals surface area contributed by atoms with E-state index in [4.69, 9.17) is 9.47 Å². The molecule has 4 rings (SSSR count). The molecule has 0 bridgehead atoms. The molecule has 1 unspecified atom stereocenters. The molecule has 29 heavy (non-hydrogen) atoms. The van der Waals surface area contributed by atoms with Crippen LogP contribution in [0.4, 0.5) is 5.82 Å². The summed E-state index contributed by atoms with van der Waals surface area (Å²) in [5.41, 5.74) is 3.48. The van der Waals surface area contributed by atoms with E-state index in [-0.39, 0.29) is 18.0 Å². The molecule has 1 aromatic heterocycles. The number of carbonyl (C=O) groups excluding carboxylic acids is 1. The monoisotopic (exact) mass is 395 g/mol. The van der Waals surface area contributed by atoms with Gasteiger partial charge in [0.05, 0.1) is 30.4 Å². The number of aromatic nitrogens is 2. The van der Waals surface area contributed by atoms with Crippen LogP contribution in [0.3, 0.4) is 0 Å². The summed E-state index contributed by atoms with van der Waals surface area (Å²) in [5.74, 6) is 1.12. The molecule has 6 heteroatoms. The first-order chi connectivity index (χ1) is 14.2. The van der Waals surface area contributed by atoms with Crippen LogP contribution in [0.25, 0.3) is 0 Å². The molecule has 2 aromatic rings. The number of hydrogen-bond donors (Lipinski definition) is 2. The van der Waals surface area contributed by atoms with Gasteiger partial charge in [-0.1, -0.05) is 31.5 Å². The van der Waals surface area contributed by atoms with Crippen LogP contribution in [-0.2, 0) is 9.53 Å². The molecule has 1 atom stereocenters. The fraction of sp³-hybridized carbons (Fsp3) is 0.478. The molecule has 0 spiro atoms. The van der Waals surface area contributed by atoms with Crippen LogP contribution in [0.5, 0.6) is 5.75 Å². The Balaban J connectivity index is 1.82. The maximum Gasteiger partial charge on any atom is 0.336 e. The topological polar surface area (TPSA) is 76.2 Å². The predicted molar refractivity (Wildman–Crippen MR) is 112 cm³/mol. The van der Waals surface area contributed by atoms with Crippen molar-refractivity contribution in [2.75, 3.05) is 11.9 Å². The molecule has 1 fully saturated rings. The summed E-state index contributed by atoms with van der Waals surface area (Å²) >= 11 is 0. The molecular formula is C23H29N3O3. The number of hydrogen-bond acceptors (Lipinski definition) is 5. The quantitative estimate of drug-likeness (QED) is 0.652. The minimum atomic E-state index is -0.282. The Morgan fingerprint density at radius 1 is 1.17 bits per heavy atom. The highest BCUT2D eigenvalue weighted by molar-refractivity contribution is 5.94. The first kappa shape index (κ1) is 19.6. The van der Waals surface area contributed by atoms with Crippen LogP contribution in [0.1, 0.15) is 69.4 Å². The lowest BCUT2D eigenvalue weighted by molar-refractivity contribution is -0.138. The summed E-state index contributed by atoms with van der Waals surface area (Å²) in [5, 5.41) is 10.7. The third kappa shape index (κ3) is 3.88. The molecule has 154 valence electrons. The highest BCUT2D eigenvalue weighted by Crippen LogP contribution is 2.45. The highest BCUT2D eigenvalue weighted by Gasteiger charge is 2.37. The molecular weight excluding hydrogens is 366 g/mol. The molecule has 0 amide bonds. The second-order valence-corrected chi connectivity index (χ2v) is 7.68. The van der Waals surface area contributed by atoms with E-state index in [9.17, 15) is 4.79 Å². The van der Waals surface area contributed by atoms with Crippen molar-refractivity contribution >= 4 is 11.8 Å². The first-order valence-corrected chi connectivity index (χ1v) is 10.7. The Kier molecular flexibility index (Phi) is 5.88. The summed E-state index contributed by atoms with van der Waals surface area (Å²) in [4.78, 5) is 13.1. The lowest BCUT2D eigenvalue weighted by Gasteiger charge is -2.30. The zero-order valence-corrected chi connectivity index (χ0v) is 17.2. The molecule has 1 saturated carbocycles. The molecule has 2 aliphatic rings. The Hall–Kier alpha value is -2.76. The van der Waals surface area contributed by atoms with Crippen molar-refractivity contribution in [1.29, 1.82) is 0 Å². The van der Waals surface area contributed by atoms with Crippen LogP contribution in [0, 0.1) is 0 Å². The van der Waals surface area contributed by atoms with E-state index in [2.05, 4.69) is 28.5 Å². The minimum Gasteiger partial charge on any atom is -0.490 e. The zero-order chi connectivity index (χ0) is 20.2. The van der Waals surface area contributed by atoms with Gasteiger partial charge >= 0.3 is 5.97 Å². The number of rotatable bonds is 7. The van der Waals surface area contributed by atoms with Crippen molar-refractivity contribution in [3.05, 3.63) is 52.9 Å². The number of nitrogens with one attached hydrogen (secondary N) is 2. The second kappa shape index (κ2) is 8.72. The standard InChI is InChI=1S/C23H29N3O3/c1-3-9-18-21(23(27)28-4-2)20(17-14-24-26-22(17)25-18)16-12-7-8-13-19(16)29-15-10-5-6-11-15/h7-8,12-15,20H,3-6,9-11H2,1-2H3,(H2,24,25,26). The largest absolute Gasteiger partial charge is 0.490 e. The summed E-state index contributed by atoms with van der Waals surface area (Å²) in [6, 6.07) is 8.06. The van der Waals surface area contributed by atoms with E-state index in [0.29, 0.717) is 12.2 Å². The van der Waals surface area contributed by atoms with Crippen LogP contribution in [-0.4, -0.2) is 28.9 Å². The van der Waals surface area contributed by atoms with E-state index in [0.717, 1.165) is 54.1 Å². The van der Waals surface area contributed by atoms with Gasteiger partial charge in [0, 0.05) is 16.8 Å². The second-order valence-electron chi connectivity index (χ2n) is 7.68. The van der Waals surface area contributed by atoms with Gasteiger partial charge < -0.3 is 14.8 Å². The first-order valence-electron chi connectivity index (χ1n) is 10.7. The van der Waals surface area contributed by atoms with Crippen molar-refractivity contribution in [3.8, 4) is 5.75 Å². The SMILES string of the molecule is CCCC1=C(C(=O)OCC)C(c2ccccc2OC2CCCC2)c2cn[nH]c2N1. The van der Waals surface area contributed by atoms with E-state index in [1.807, 2.05) is 25.1 Å². The number of nitrogens with zero attached hydrogens (tertiary/aromatic N) is 1. The average Bonchev–Trinajstić information content (AvgIpc) is 3.39. The molecule has 1 aliphatic carbocycles. The van der Waals surface area contributed by atoms with Gasteiger partial charge in [0.25, 0.3) is 0 Å². The Morgan fingerprint density at radius 2 is 1.97 bits per heavy atom. The summed E-state index contributed by atoms with van der Waals surface area (Å²) in [6.45, 7) is 4.28. The molecule has 6 nitrogen and oxygen atoms in total. The Morgan fingerprint density at radius 3 is 2.72 bits per heavy atom. The fourth-order valence-corrected chi connectivity index (χ4v) is 4.39. The fourth-order valence-electron chi connectivity index (χ4n) is 4.39. The lowest BCUT2D eigenvalue weighted by atomic mass is 9.81. The van der Waals surface area contributed by atoms with Crippen molar-refractivity contribution in [3.63, 3.8) is 0 Å². The molecule has 2 N–H and O–H groups in total. The zero-order valence-electron chi connectivity index (χ0n) is 17.2.